The summed E-state index contributed by atoms with van der Waals surface area (Å²) in [4.78, 5) is 39.0. The zero-order valence-electron chi connectivity index (χ0n) is 14.7. The van der Waals surface area contributed by atoms with Crippen LogP contribution in [-0.4, -0.2) is 60.0 Å². The maximum atomic E-state index is 12.1. The third kappa shape index (κ3) is 5.51. The standard InChI is InChI=1S/C17H25N3O5/c1-3-24-17(23)19-8-6-14(7-9-19)20(13(2)21)12-16(22)18-11-15-5-4-10-25-15/h4-5,10,14H,3,6-9,11-12H2,1-2H3,(H,18,22). The Morgan fingerprint density at radius 1 is 1.36 bits per heavy atom. The highest BCUT2D eigenvalue weighted by Gasteiger charge is 2.29. The molecule has 0 spiro atoms. The van der Waals surface area contributed by atoms with Crippen LogP contribution in [0, 0.1) is 0 Å². The van der Waals surface area contributed by atoms with E-state index < -0.39 is 0 Å². The number of rotatable bonds is 6. The third-order valence-electron chi connectivity index (χ3n) is 4.19. The molecule has 1 saturated heterocycles. The van der Waals surface area contributed by atoms with Crippen LogP contribution < -0.4 is 5.32 Å². The topological polar surface area (TPSA) is 92.1 Å². The summed E-state index contributed by atoms with van der Waals surface area (Å²) in [5.41, 5.74) is 0. The predicted molar refractivity (Wildman–Crippen MR) is 89.6 cm³/mol. The van der Waals surface area contributed by atoms with Crippen LogP contribution in [0.5, 0.6) is 0 Å². The van der Waals surface area contributed by atoms with Gasteiger partial charge in [-0.05, 0) is 31.9 Å². The minimum Gasteiger partial charge on any atom is -0.467 e. The van der Waals surface area contributed by atoms with E-state index in [1.165, 1.54) is 6.92 Å². The molecular formula is C17H25N3O5. The van der Waals surface area contributed by atoms with Gasteiger partial charge in [0, 0.05) is 26.1 Å². The second-order valence-corrected chi connectivity index (χ2v) is 5.92. The van der Waals surface area contributed by atoms with Crippen molar-refractivity contribution >= 4 is 17.9 Å². The molecular weight excluding hydrogens is 326 g/mol. The van der Waals surface area contributed by atoms with Gasteiger partial charge < -0.3 is 24.3 Å². The minimum absolute atomic E-state index is 0.000114. The minimum atomic E-state index is -0.327. The molecule has 2 rings (SSSR count). The number of carbonyl (C=O) groups is 3. The number of furan rings is 1. The summed E-state index contributed by atoms with van der Waals surface area (Å²) in [6.07, 6.45) is 2.47. The van der Waals surface area contributed by atoms with Crippen molar-refractivity contribution < 1.29 is 23.5 Å². The van der Waals surface area contributed by atoms with Gasteiger partial charge in [0.2, 0.25) is 11.8 Å². The van der Waals surface area contributed by atoms with E-state index in [-0.39, 0.29) is 30.5 Å². The van der Waals surface area contributed by atoms with Crippen LogP contribution >= 0.6 is 0 Å². The Balaban J connectivity index is 1.83. The Kier molecular flexibility index (Phi) is 6.85. The van der Waals surface area contributed by atoms with Crippen molar-refractivity contribution in [2.45, 2.75) is 39.3 Å². The van der Waals surface area contributed by atoms with E-state index in [0.717, 1.165) is 0 Å². The number of nitrogens with zero attached hydrogens (tertiary/aromatic N) is 2. The number of piperidine rings is 1. The third-order valence-corrected chi connectivity index (χ3v) is 4.19. The molecule has 1 fully saturated rings. The fraction of sp³-hybridized carbons (Fsp3) is 0.588. The highest BCUT2D eigenvalue weighted by molar-refractivity contribution is 5.84. The zero-order chi connectivity index (χ0) is 18.2. The first-order valence-corrected chi connectivity index (χ1v) is 8.49. The highest BCUT2D eigenvalue weighted by Crippen LogP contribution is 2.17. The normalized spacial score (nSPS) is 14.9. The van der Waals surface area contributed by atoms with Gasteiger partial charge in [0.1, 0.15) is 5.76 Å². The first kappa shape index (κ1) is 18.8. The molecule has 0 aliphatic carbocycles. The molecule has 0 radical (unpaired) electrons. The number of hydrogen-bond acceptors (Lipinski definition) is 5. The summed E-state index contributed by atoms with van der Waals surface area (Å²) >= 11 is 0. The predicted octanol–water partition coefficient (Wildman–Crippen LogP) is 1.37. The molecule has 0 bridgehead atoms. The summed E-state index contributed by atoms with van der Waals surface area (Å²) in [6.45, 7) is 4.89. The summed E-state index contributed by atoms with van der Waals surface area (Å²) in [7, 11) is 0. The lowest BCUT2D eigenvalue weighted by atomic mass is 10.0. The number of hydrogen-bond donors (Lipinski definition) is 1. The first-order chi connectivity index (χ1) is 12.0. The lowest BCUT2D eigenvalue weighted by Gasteiger charge is -2.37. The summed E-state index contributed by atoms with van der Waals surface area (Å²) in [5, 5.41) is 2.74. The molecule has 1 aromatic heterocycles. The summed E-state index contributed by atoms with van der Waals surface area (Å²) < 4.78 is 10.2. The Morgan fingerprint density at radius 3 is 2.64 bits per heavy atom. The Bertz CT molecular complexity index is 579. The molecule has 25 heavy (non-hydrogen) atoms. The SMILES string of the molecule is CCOC(=O)N1CCC(N(CC(=O)NCc2ccco2)C(C)=O)CC1. The van der Waals surface area contributed by atoms with E-state index in [0.29, 0.717) is 44.8 Å². The van der Waals surface area contributed by atoms with Crippen molar-refractivity contribution in [3.8, 4) is 0 Å². The number of likely N-dealkylation sites (tertiary alicyclic amines) is 1. The lowest BCUT2D eigenvalue weighted by molar-refractivity contribution is -0.137. The van der Waals surface area contributed by atoms with Crippen LogP contribution in [0.15, 0.2) is 22.8 Å². The molecule has 0 atom stereocenters. The lowest BCUT2D eigenvalue weighted by Crippen LogP contribution is -2.51. The second kappa shape index (κ2) is 9.10. The van der Waals surface area contributed by atoms with E-state index in [1.807, 2.05) is 0 Å². The van der Waals surface area contributed by atoms with Crippen LogP contribution in [0.4, 0.5) is 4.79 Å². The van der Waals surface area contributed by atoms with E-state index in [4.69, 9.17) is 9.15 Å². The molecule has 0 saturated carbocycles. The first-order valence-electron chi connectivity index (χ1n) is 8.49. The second-order valence-electron chi connectivity index (χ2n) is 5.92. The average molecular weight is 351 g/mol. The van der Waals surface area contributed by atoms with Crippen LogP contribution in [0.1, 0.15) is 32.4 Å². The quantitative estimate of drug-likeness (QED) is 0.835. The molecule has 0 aromatic carbocycles. The molecule has 8 heteroatoms. The van der Waals surface area contributed by atoms with Gasteiger partial charge in [-0.2, -0.15) is 0 Å². The van der Waals surface area contributed by atoms with Crippen LogP contribution in [0.25, 0.3) is 0 Å². The average Bonchev–Trinajstić information content (AvgIpc) is 3.11. The Morgan fingerprint density at radius 2 is 2.08 bits per heavy atom. The Labute approximate surface area is 147 Å². The molecule has 0 unspecified atom stereocenters. The molecule has 138 valence electrons. The van der Waals surface area contributed by atoms with Crippen LogP contribution in [0.2, 0.25) is 0 Å². The van der Waals surface area contributed by atoms with Crippen molar-refractivity contribution in [3.05, 3.63) is 24.2 Å². The van der Waals surface area contributed by atoms with Crippen LogP contribution in [0.3, 0.4) is 0 Å². The number of ether oxygens (including phenoxy) is 1. The van der Waals surface area contributed by atoms with Gasteiger partial charge in [-0.1, -0.05) is 0 Å². The van der Waals surface area contributed by atoms with Crippen molar-refractivity contribution in [1.29, 1.82) is 0 Å². The van der Waals surface area contributed by atoms with E-state index in [2.05, 4.69) is 5.32 Å². The van der Waals surface area contributed by atoms with Crippen molar-refractivity contribution in [2.75, 3.05) is 26.2 Å². The maximum absolute atomic E-state index is 12.1. The highest BCUT2D eigenvalue weighted by atomic mass is 16.6. The van der Waals surface area contributed by atoms with E-state index in [9.17, 15) is 14.4 Å². The van der Waals surface area contributed by atoms with E-state index in [1.54, 1.807) is 35.1 Å². The molecule has 1 aliphatic rings. The van der Waals surface area contributed by atoms with Gasteiger partial charge in [0.15, 0.2) is 0 Å². The fourth-order valence-corrected chi connectivity index (χ4v) is 2.88. The largest absolute Gasteiger partial charge is 0.467 e. The van der Waals surface area contributed by atoms with E-state index >= 15 is 0 Å². The monoisotopic (exact) mass is 351 g/mol. The molecule has 2 heterocycles. The molecule has 3 amide bonds. The van der Waals surface area contributed by atoms with Gasteiger partial charge in [0.05, 0.1) is 26.0 Å². The summed E-state index contributed by atoms with van der Waals surface area (Å²) in [6, 6.07) is 3.46. The van der Waals surface area contributed by atoms with Gasteiger partial charge in [-0.3, -0.25) is 9.59 Å². The van der Waals surface area contributed by atoms with Crippen molar-refractivity contribution in [1.82, 2.24) is 15.1 Å². The zero-order valence-corrected chi connectivity index (χ0v) is 14.7. The maximum Gasteiger partial charge on any atom is 0.409 e. The van der Waals surface area contributed by atoms with Crippen molar-refractivity contribution in [3.63, 3.8) is 0 Å². The summed E-state index contributed by atoms with van der Waals surface area (Å²) in [5.74, 6) is 0.271. The van der Waals surface area contributed by atoms with Crippen molar-refractivity contribution in [2.24, 2.45) is 0 Å². The number of carbonyl (C=O) groups excluding carboxylic acids is 3. The molecule has 1 aromatic rings. The number of nitrogens with one attached hydrogen (secondary N) is 1. The van der Waals surface area contributed by atoms with Crippen LogP contribution in [-0.2, 0) is 20.9 Å². The smallest absolute Gasteiger partial charge is 0.409 e. The van der Waals surface area contributed by atoms with Gasteiger partial charge >= 0.3 is 6.09 Å². The Hall–Kier alpha value is -2.51. The molecule has 1 N–H and O–H groups in total. The number of amides is 3. The van der Waals surface area contributed by atoms with Gasteiger partial charge in [-0.25, -0.2) is 4.79 Å². The van der Waals surface area contributed by atoms with Gasteiger partial charge in [-0.15, -0.1) is 0 Å². The van der Waals surface area contributed by atoms with Gasteiger partial charge in [0.25, 0.3) is 0 Å². The molecule has 8 nitrogen and oxygen atoms in total. The fourth-order valence-electron chi connectivity index (χ4n) is 2.88. The molecule has 1 aliphatic heterocycles.